The predicted octanol–water partition coefficient (Wildman–Crippen LogP) is 1.67. The smallest absolute Gasteiger partial charge is 0.210 e. The minimum atomic E-state index is -0.449. The first-order valence-electron chi connectivity index (χ1n) is 5.73. The van der Waals surface area contributed by atoms with Crippen LogP contribution in [0.5, 0.6) is 0 Å². The van der Waals surface area contributed by atoms with Crippen LogP contribution in [0, 0.1) is 11.8 Å². The first kappa shape index (κ1) is 12.0. The maximum Gasteiger partial charge on any atom is 0.210 e. The highest BCUT2D eigenvalue weighted by molar-refractivity contribution is 4.86. The van der Waals surface area contributed by atoms with Crippen molar-refractivity contribution in [2.24, 2.45) is 11.8 Å². The fourth-order valence-electron chi connectivity index (χ4n) is 1.70. The third kappa shape index (κ3) is 3.56. The molecule has 1 rings (SSSR count). The van der Waals surface area contributed by atoms with Crippen molar-refractivity contribution in [3.8, 4) is 0 Å². The van der Waals surface area contributed by atoms with Gasteiger partial charge in [0.15, 0.2) is 0 Å². The molecule has 1 fully saturated rings. The van der Waals surface area contributed by atoms with E-state index < -0.39 is 6.10 Å². The SMILES string of the molecule is C.[2H]C[C@H]1O[C@@H](C(C)C)[C@@H](C)C1O.[3H]OC. The largest absolute Gasteiger partial charge is 0.400 e. The van der Waals surface area contributed by atoms with Gasteiger partial charge in [-0.3, -0.25) is 0 Å². The molecular formula is C11H26O3. The lowest BCUT2D eigenvalue weighted by Crippen LogP contribution is -2.25. The topological polar surface area (TPSA) is 49.7 Å². The maximum absolute atomic E-state index is 9.63. The highest BCUT2D eigenvalue weighted by Crippen LogP contribution is 2.30. The van der Waals surface area contributed by atoms with Gasteiger partial charge in [0, 0.05) is 14.4 Å². The quantitative estimate of drug-likeness (QED) is 0.690. The Hall–Kier alpha value is -0.120. The molecule has 1 aliphatic rings. The standard InChI is InChI=1S/C9H18O2.CH4O.CH4/c1-5(2)9-6(3)8(10)7(4)11-9;1-2;/h5-10H,1-4H3;2H,1H3;1H4/t6-,7+,8?,9-;;/m0../s1/i4D;2T;. The van der Waals surface area contributed by atoms with Crippen LogP contribution in [0.25, 0.3) is 0 Å². The van der Waals surface area contributed by atoms with E-state index in [0.29, 0.717) is 5.92 Å². The summed E-state index contributed by atoms with van der Waals surface area (Å²) in [5.41, 5.74) is 0. The molecule has 3 heteroatoms. The molecule has 4 atom stereocenters. The normalized spacial score (nSPS) is 37.9. The molecule has 0 amide bonds. The highest BCUT2D eigenvalue weighted by atomic mass is 16.5. The van der Waals surface area contributed by atoms with Gasteiger partial charge < -0.3 is 15.0 Å². The van der Waals surface area contributed by atoms with E-state index in [1.54, 1.807) is 0 Å². The lowest BCUT2D eigenvalue weighted by Gasteiger charge is -2.18. The van der Waals surface area contributed by atoms with Gasteiger partial charge in [-0.15, -0.1) is 0 Å². The van der Waals surface area contributed by atoms with Crippen molar-refractivity contribution < 1.29 is 16.3 Å². The van der Waals surface area contributed by atoms with Crippen LogP contribution in [-0.2, 0) is 4.74 Å². The molecule has 1 heterocycles. The first-order chi connectivity index (χ1) is 6.99. The van der Waals surface area contributed by atoms with Crippen molar-refractivity contribution in [1.29, 1.82) is 1.43 Å². The van der Waals surface area contributed by atoms with E-state index >= 15 is 0 Å². The van der Waals surface area contributed by atoms with Gasteiger partial charge in [0.2, 0.25) is 1.43 Å². The second-order valence-electron chi connectivity index (χ2n) is 3.73. The van der Waals surface area contributed by atoms with E-state index in [-0.39, 0.29) is 32.5 Å². The van der Waals surface area contributed by atoms with Crippen LogP contribution in [0.2, 0.25) is 0 Å². The monoisotopic (exact) mass is 209 g/mol. The predicted molar refractivity (Wildman–Crippen MR) is 59.2 cm³/mol. The molecular weight excluding hydrogens is 180 g/mol. The average molecular weight is 209 g/mol. The Morgan fingerprint density at radius 1 is 1.57 bits per heavy atom. The summed E-state index contributed by atoms with van der Waals surface area (Å²) in [4.78, 5) is 0. The van der Waals surface area contributed by atoms with Crippen LogP contribution >= 0.6 is 0 Å². The summed E-state index contributed by atoms with van der Waals surface area (Å²) in [6.45, 7) is 6.32. The molecule has 2 N–H and O–H groups in total. The van der Waals surface area contributed by atoms with Gasteiger partial charge in [-0.2, -0.15) is 0 Å². The van der Waals surface area contributed by atoms with Crippen molar-refractivity contribution in [1.82, 2.24) is 0 Å². The van der Waals surface area contributed by atoms with E-state index in [4.69, 9.17) is 7.54 Å². The average Bonchev–Trinajstić information content (AvgIpc) is 2.45. The molecule has 0 spiro atoms. The van der Waals surface area contributed by atoms with Gasteiger partial charge >= 0.3 is 0 Å². The summed E-state index contributed by atoms with van der Waals surface area (Å²) >= 11 is 0. The minimum absolute atomic E-state index is 0. The van der Waals surface area contributed by atoms with Crippen molar-refractivity contribution in [3.05, 3.63) is 0 Å². The fraction of sp³-hybridized carbons (Fsp3) is 1.00. The van der Waals surface area contributed by atoms with Gasteiger partial charge in [0.1, 0.15) is 0 Å². The molecule has 1 aliphatic heterocycles. The minimum Gasteiger partial charge on any atom is -0.400 e. The molecule has 1 unspecified atom stereocenters. The van der Waals surface area contributed by atoms with E-state index in [2.05, 4.69) is 19.0 Å². The van der Waals surface area contributed by atoms with Gasteiger partial charge in [-0.25, -0.2) is 0 Å². The Kier molecular flexibility index (Phi) is 6.15. The number of aliphatic hydroxyl groups excluding tert-OH is 2. The number of hydrogen-bond acceptors (Lipinski definition) is 3. The third-order valence-electron chi connectivity index (χ3n) is 2.43. The Balaban J connectivity index is 0. The lowest BCUT2D eigenvalue weighted by molar-refractivity contribution is 0.00364. The molecule has 0 bridgehead atoms. The van der Waals surface area contributed by atoms with E-state index in [1.807, 2.05) is 6.92 Å². The second kappa shape index (κ2) is 7.21. The van der Waals surface area contributed by atoms with Gasteiger partial charge in [0.25, 0.3) is 0 Å². The van der Waals surface area contributed by atoms with Gasteiger partial charge in [0.05, 0.1) is 18.3 Å². The zero-order valence-electron chi connectivity index (χ0n) is 10.9. The first-order valence-corrected chi connectivity index (χ1v) is 4.61. The number of hydrogen-bond donors (Lipinski definition) is 2. The zero-order chi connectivity index (χ0) is 12.0. The van der Waals surface area contributed by atoms with Crippen molar-refractivity contribution in [3.63, 3.8) is 0 Å². The molecule has 0 aromatic heterocycles. The van der Waals surface area contributed by atoms with Crippen molar-refractivity contribution in [2.75, 3.05) is 7.11 Å². The maximum atomic E-state index is 9.63. The number of rotatable bonds is 1. The molecule has 1 saturated heterocycles. The molecule has 88 valence electrons. The van der Waals surface area contributed by atoms with Crippen molar-refractivity contribution in [2.45, 2.75) is 53.4 Å². The summed E-state index contributed by atoms with van der Waals surface area (Å²) in [5, 5.41) is 13.1. The number of ether oxygens (including phenoxy) is 1. The molecule has 3 nitrogen and oxygen atoms in total. The molecule has 0 radical (unpaired) electrons. The summed E-state index contributed by atoms with van der Waals surface area (Å²) in [6, 6.07) is 0. The lowest BCUT2D eigenvalue weighted by atomic mass is 9.92. The molecule has 14 heavy (non-hydrogen) atoms. The van der Waals surface area contributed by atoms with Gasteiger partial charge in [-0.05, 0) is 12.8 Å². The van der Waals surface area contributed by atoms with Crippen LogP contribution in [-0.4, -0.2) is 37.1 Å². The van der Waals surface area contributed by atoms with Crippen LogP contribution in [0.15, 0.2) is 0 Å². The summed E-state index contributed by atoms with van der Waals surface area (Å²) in [5.74, 6) is 0.589. The second-order valence-corrected chi connectivity index (χ2v) is 3.73. The zero-order valence-corrected chi connectivity index (χ0v) is 8.86. The molecule has 0 aromatic carbocycles. The highest BCUT2D eigenvalue weighted by Gasteiger charge is 2.39. The molecule has 0 aromatic rings. The van der Waals surface area contributed by atoms with E-state index in [9.17, 15) is 5.11 Å². The van der Waals surface area contributed by atoms with E-state index in [0.717, 1.165) is 0 Å². The van der Waals surface area contributed by atoms with Crippen molar-refractivity contribution >= 4 is 0 Å². The fourth-order valence-corrected chi connectivity index (χ4v) is 1.70. The third-order valence-corrected chi connectivity index (χ3v) is 2.43. The van der Waals surface area contributed by atoms with Crippen LogP contribution in [0.3, 0.4) is 0 Å². The Labute approximate surface area is 91.0 Å². The Morgan fingerprint density at radius 2 is 2.07 bits per heavy atom. The van der Waals surface area contributed by atoms with Crippen LogP contribution in [0.1, 0.15) is 36.5 Å². The molecule has 0 saturated carbocycles. The van der Waals surface area contributed by atoms with Crippen LogP contribution < -0.4 is 0 Å². The van der Waals surface area contributed by atoms with Crippen LogP contribution in [0.4, 0.5) is 0 Å². The summed E-state index contributed by atoms with van der Waals surface area (Å²) in [7, 11) is 1.29. The number of aliphatic hydroxyl groups is 2. The van der Waals surface area contributed by atoms with Gasteiger partial charge in [-0.1, -0.05) is 28.2 Å². The summed E-state index contributed by atoms with van der Waals surface area (Å²) < 4.78 is 18.4. The Bertz CT molecular complexity index is 167. The summed E-state index contributed by atoms with van der Waals surface area (Å²) in [6.07, 6.45) is -0.599. The van der Waals surface area contributed by atoms with E-state index in [1.165, 1.54) is 7.11 Å². The molecule has 0 aliphatic carbocycles. The Morgan fingerprint density at radius 3 is 2.29 bits per heavy atom.